The van der Waals surface area contributed by atoms with Gasteiger partial charge in [0.2, 0.25) is 0 Å². The summed E-state index contributed by atoms with van der Waals surface area (Å²) in [5.74, 6) is 1.71. The van der Waals surface area contributed by atoms with Crippen molar-refractivity contribution in [1.29, 1.82) is 0 Å². The maximum atomic E-state index is 9.47. The zero-order valence-corrected chi connectivity index (χ0v) is 10.5. The summed E-state index contributed by atoms with van der Waals surface area (Å²) >= 11 is 0. The molecule has 3 N–H and O–H groups in total. The Hall–Kier alpha value is -1.36. The number of hydrogen-bond donors (Lipinski definition) is 3. The molecule has 1 fully saturated rings. The first kappa shape index (κ1) is 12.1. The molecule has 1 aromatic heterocycles. The van der Waals surface area contributed by atoms with Gasteiger partial charge in [-0.1, -0.05) is 6.92 Å². The van der Waals surface area contributed by atoms with Crippen LogP contribution in [0.4, 0.5) is 11.6 Å². The van der Waals surface area contributed by atoms with Gasteiger partial charge in [-0.15, -0.1) is 0 Å². The lowest BCUT2D eigenvalue weighted by Crippen LogP contribution is -2.48. The summed E-state index contributed by atoms with van der Waals surface area (Å²) in [6.45, 7) is 2.24. The van der Waals surface area contributed by atoms with Crippen molar-refractivity contribution in [1.82, 2.24) is 9.97 Å². The summed E-state index contributed by atoms with van der Waals surface area (Å²) in [6, 6.07) is 0. The summed E-state index contributed by atoms with van der Waals surface area (Å²) in [5, 5.41) is 15.9. The van der Waals surface area contributed by atoms with Crippen LogP contribution in [0.3, 0.4) is 0 Å². The number of anilines is 2. The Balaban J connectivity index is 2.25. The van der Waals surface area contributed by atoms with E-state index in [1.165, 1.54) is 6.42 Å². The van der Waals surface area contributed by atoms with Gasteiger partial charge in [0, 0.05) is 12.6 Å². The summed E-state index contributed by atoms with van der Waals surface area (Å²) in [4.78, 5) is 8.50. The number of aliphatic hydroxyl groups excluding tert-OH is 1. The van der Waals surface area contributed by atoms with Crippen molar-refractivity contribution in [2.45, 2.75) is 38.1 Å². The van der Waals surface area contributed by atoms with E-state index in [2.05, 4.69) is 27.5 Å². The van der Waals surface area contributed by atoms with Crippen molar-refractivity contribution in [3.63, 3.8) is 0 Å². The predicted molar refractivity (Wildman–Crippen MR) is 68.2 cm³/mol. The third kappa shape index (κ3) is 2.20. The van der Waals surface area contributed by atoms with E-state index in [9.17, 15) is 5.11 Å². The van der Waals surface area contributed by atoms with Crippen molar-refractivity contribution in [3.05, 3.63) is 11.9 Å². The summed E-state index contributed by atoms with van der Waals surface area (Å²) < 4.78 is 0. The lowest BCUT2D eigenvalue weighted by molar-refractivity contribution is 0.143. The normalized spacial score (nSPS) is 17.4. The van der Waals surface area contributed by atoms with E-state index in [4.69, 9.17) is 0 Å². The van der Waals surface area contributed by atoms with Crippen LogP contribution in [0.5, 0.6) is 0 Å². The van der Waals surface area contributed by atoms with E-state index in [-0.39, 0.29) is 12.1 Å². The number of hydrogen-bond acceptors (Lipinski definition) is 5. The van der Waals surface area contributed by atoms with Gasteiger partial charge in [-0.25, -0.2) is 9.97 Å². The summed E-state index contributed by atoms with van der Waals surface area (Å²) in [7, 11) is 1.86. The largest absolute Gasteiger partial charge is 0.394 e. The third-order valence-electron chi connectivity index (χ3n) is 3.53. The molecule has 1 heterocycles. The summed E-state index contributed by atoms with van der Waals surface area (Å²) in [6.07, 6.45) is 5.59. The van der Waals surface area contributed by atoms with Crippen molar-refractivity contribution >= 4 is 11.6 Å². The smallest absolute Gasteiger partial charge is 0.135 e. The quantitative estimate of drug-likeness (QED) is 0.721. The predicted octanol–water partition coefficient (Wildman–Crippen LogP) is 1.41. The molecule has 94 valence electrons. The molecule has 0 atom stereocenters. The van der Waals surface area contributed by atoms with E-state index in [1.807, 2.05) is 7.05 Å². The topological polar surface area (TPSA) is 70.1 Å². The van der Waals surface area contributed by atoms with Crippen LogP contribution in [0.25, 0.3) is 0 Å². The second-order valence-corrected chi connectivity index (χ2v) is 4.57. The molecule has 0 amide bonds. The van der Waals surface area contributed by atoms with Crippen LogP contribution in [-0.4, -0.2) is 34.3 Å². The first-order chi connectivity index (χ1) is 8.24. The van der Waals surface area contributed by atoms with Crippen molar-refractivity contribution in [2.75, 3.05) is 24.3 Å². The van der Waals surface area contributed by atoms with E-state index < -0.39 is 0 Å². The Morgan fingerprint density at radius 3 is 2.53 bits per heavy atom. The number of aliphatic hydroxyl groups is 1. The SMILES string of the molecule is CCc1c(NC)ncnc1NC1(CO)CCC1. The van der Waals surface area contributed by atoms with Crippen LogP contribution in [0.15, 0.2) is 6.33 Å². The maximum Gasteiger partial charge on any atom is 0.135 e. The van der Waals surface area contributed by atoms with Gasteiger partial charge >= 0.3 is 0 Å². The average Bonchev–Trinajstić information content (AvgIpc) is 2.33. The molecule has 17 heavy (non-hydrogen) atoms. The van der Waals surface area contributed by atoms with Gasteiger partial charge in [0.25, 0.3) is 0 Å². The van der Waals surface area contributed by atoms with Crippen LogP contribution >= 0.6 is 0 Å². The minimum absolute atomic E-state index is 0.162. The van der Waals surface area contributed by atoms with E-state index in [0.717, 1.165) is 36.5 Å². The molecule has 0 saturated heterocycles. The Kier molecular flexibility index (Phi) is 3.47. The highest BCUT2D eigenvalue weighted by Gasteiger charge is 2.37. The fraction of sp³-hybridized carbons (Fsp3) is 0.667. The first-order valence-electron chi connectivity index (χ1n) is 6.15. The van der Waals surface area contributed by atoms with Gasteiger partial charge in [-0.05, 0) is 25.7 Å². The molecule has 5 nitrogen and oxygen atoms in total. The maximum absolute atomic E-state index is 9.47. The van der Waals surface area contributed by atoms with E-state index >= 15 is 0 Å². The first-order valence-corrected chi connectivity index (χ1v) is 6.15. The zero-order chi connectivity index (χ0) is 12.3. The van der Waals surface area contributed by atoms with Crippen LogP contribution in [0.2, 0.25) is 0 Å². The van der Waals surface area contributed by atoms with Gasteiger partial charge < -0.3 is 15.7 Å². The van der Waals surface area contributed by atoms with Crippen molar-refractivity contribution < 1.29 is 5.11 Å². The highest BCUT2D eigenvalue weighted by Crippen LogP contribution is 2.35. The van der Waals surface area contributed by atoms with E-state index in [1.54, 1.807) is 6.33 Å². The second kappa shape index (κ2) is 4.87. The molecule has 0 aliphatic heterocycles. The molecule has 0 bridgehead atoms. The minimum Gasteiger partial charge on any atom is -0.394 e. The van der Waals surface area contributed by atoms with Gasteiger partial charge in [-0.3, -0.25) is 0 Å². The van der Waals surface area contributed by atoms with Gasteiger partial charge in [0.05, 0.1) is 12.1 Å². The minimum atomic E-state index is -0.163. The fourth-order valence-electron chi connectivity index (χ4n) is 2.25. The molecule has 1 aromatic rings. The monoisotopic (exact) mass is 236 g/mol. The lowest BCUT2D eigenvalue weighted by Gasteiger charge is -2.41. The number of nitrogens with zero attached hydrogens (tertiary/aromatic N) is 2. The number of nitrogens with one attached hydrogen (secondary N) is 2. The molecule has 0 radical (unpaired) electrons. The average molecular weight is 236 g/mol. The zero-order valence-electron chi connectivity index (χ0n) is 10.5. The lowest BCUT2D eigenvalue weighted by atomic mass is 9.77. The van der Waals surface area contributed by atoms with Crippen LogP contribution in [-0.2, 0) is 6.42 Å². The second-order valence-electron chi connectivity index (χ2n) is 4.57. The van der Waals surface area contributed by atoms with Crippen molar-refractivity contribution in [3.8, 4) is 0 Å². The van der Waals surface area contributed by atoms with E-state index in [0.29, 0.717) is 0 Å². The molecule has 0 unspecified atom stereocenters. The third-order valence-corrected chi connectivity index (χ3v) is 3.53. The Labute approximate surface area is 102 Å². The molecule has 1 saturated carbocycles. The summed E-state index contributed by atoms with van der Waals surface area (Å²) in [5.41, 5.74) is 0.915. The molecule has 0 spiro atoms. The Morgan fingerprint density at radius 1 is 1.35 bits per heavy atom. The highest BCUT2D eigenvalue weighted by atomic mass is 16.3. The Morgan fingerprint density at radius 2 is 2.06 bits per heavy atom. The standard InChI is InChI=1S/C12H20N4O/c1-3-9-10(13-2)14-8-15-11(9)16-12(7-17)5-4-6-12/h8,17H,3-7H2,1-2H3,(H2,13,14,15,16). The van der Waals surface area contributed by atoms with Crippen LogP contribution in [0, 0.1) is 0 Å². The molecule has 2 rings (SSSR count). The number of aromatic nitrogens is 2. The fourth-order valence-corrected chi connectivity index (χ4v) is 2.25. The van der Waals surface area contributed by atoms with Crippen molar-refractivity contribution in [2.24, 2.45) is 0 Å². The molecule has 1 aliphatic carbocycles. The van der Waals surface area contributed by atoms with Gasteiger partial charge in [0.1, 0.15) is 18.0 Å². The molecular weight excluding hydrogens is 216 g/mol. The van der Waals surface area contributed by atoms with Gasteiger partial charge in [-0.2, -0.15) is 0 Å². The molecule has 5 heteroatoms. The van der Waals surface area contributed by atoms with Gasteiger partial charge in [0.15, 0.2) is 0 Å². The molecule has 1 aliphatic rings. The molecular formula is C12H20N4O. The molecule has 0 aromatic carbocycles. The van der Waals surface area contributed by atoms with Crippen LogP contribution in [0.1, 0.15) is 31.7 Å². The van der Waals surface area contributed by atoms with Crippen LogP contribution < -0.4 is 10.6 Å². The highest BCUT2D eigenvalue weighted by molar-refractivity contribution is 5.58. The Bertz CT molecular complexity index is 385. The number of rotatable bonds is 5.